The number of carbonyl (C=O) groups is 1. The van der Waals surface area contributed by atoms with Crippen LogP contribution in [-0.4, -0.2) is 22.0 Å². The molecule has 0 bridgehead atoms. The number of benzene rings is 2. The summed E-state index contributed by atoms with van der Waals surface area (Å²) in [6.45, 7) is 26.8. The molecular weight excluding hydrogens is 559 g/mol. The zero-order chi connectivity index (χ0) is 32.7. The highest BCUT2D eigenvalue weighted by Crippen LogP contribution is 2.44. The molecule has 1 heterocycles. The Bertz CT molecular complexity index is 1300. The van der Waals surface area contributed by atoms with Crippen molar-refractivity contribution in [3.05, 3.63) is 52.1 Å². The van der Waals surface area contributed by atoms with Crippen LogP contribution < -0.4 is 15.4 Å². The smallest absolute Gasteiger partial charge is 0.311 e. The summed E-state index contributed by atoms with van der Waals surface area (Å²) in [7, 11) is -1.50. The third-order valence-electron chi connectivity index (χ3n) is 7.59. The van der Waals surface area contributed by atoms with Crippen molar-refractivity contribution in [1.82, 2.24) is 10.4 Å². The Kier molecular flexibility index (Phi) is 9.90. The fourth-order valence-electron chi connectivity index (χ4n) is 5.02. The summed E-state index contributed by atoms with van der Waals surface area (Å²) in [6, 6.07) is 7.92. The van der Waals surface area contributed by atoms with Crippen LogP contribution in [0.4, 0.5) is 5.69 Å². The number of anilines is 1. The first-order chi connectivity index (χ1) is 19.5. The Morgan fingerprint density at radius 3 is 1.60 bits per heavy atom. The second-order valence-electron chi connectivity index (χ2n) is 15.6. The van der Waals surface area contributed by atoms with Crippen molar-refractivity contribution in [3.8, 4) is 11.5 Å². The third kappa shape index (κ3) is 8.21. The van der Waals surface area contributed by atoms with Gasteiger partial charge in [0.1, 0.15) is 11.5 Å². The molecule has 0 saturated carbocycles. The van der Waals surface area contributed by atoms with Gasteiger partial charge in [0.2, 0.25) is 11.8 Å². The molecule has 8 nitrogen and oxygen atoms in total. The highest BCUT2D eigenvalue weighted by Gasteiger charge is 2.32. The number of aryl methyl sites for hydroxylation is 1. The van der Waals surface area contributed by atoms with E-state index >= 15 is 0 Å². The van der Waals surface area contributed by atoms with E-state index in [1.54, 1.807) is 0 Å². The molecule has 0 radical (unpaired) electrons. The molecule has 1 amide bonds. The monoisotopic (exact) mass is 612 g/mol. The first-order valence-electron chi connectivity index (χ1n) is 15.2. The van der Waals surface area contributed by atoms with E-state index < -0.39 is 8.45 Å². The van der Waals surface area contributed by atoms with Crippen molar-refractivity contribution in [2.75, 3.05) is 5.01 Å². The maximum Gasteiger partial charge on any atom is 0.311 e. The number of nitrogens with one attached hydrogen (secondary N) is 2. The van der Waals surface area contributed by atoms with Gasteiger partial charge >= 0.3 is 8.45 Å². The van der Waals surface area contributed by atoms with Gasteiger partial charge in [0, 0.05) is 24.0 Å². The van der Waals surface area contributed by atoms with E-state index in [-0.39, 0.29) is 39.7 Å². The van der Waals surface area contributed by atoms with Gasteiger partial charge in [0.05, 0.1) is 5.69 Å². The predicted molar refractivity (Wildman–Crippen MR) is 179 cm³/mol. The molecule has 0 fully saturated rings. The van der Waals surface area contributed by atoms with Crippen molar-refractivity contribution in [3.63, 3.8) is 0 Å². The molecule has 3 rings (SSSR count). The Hall–Kier alpha value is -2.83. The van der Waals surface area contributed by atoms with Crippen LogP contribution in [-0.2, 0) is 37.4 Å². The van der Waals surface area contributed by atoms with E-state index in [0.29, 0.717) is 30.2 Å². The number of hydrazone groups is 1. The molecule has 0 aromatic heterocycles. The van der Waals surface area contributed by atoms with Gasteiger partial charge in [-0.3, -0.25) is 4.79 Å². The van der Waals surface area contributed by atoms with Crippen LogP contribution in [0.5, 0.6) is 11.5 Å². The lowest BCUT2D eigenvalue weighted by Gasteiger charge is -2.31. The van der Waals surface area contributed by atoms with E-state index in [0.717, 1.165) is 27.8 Å². The van der Waals surface area contributed by atoms with Crippen molar-refractivity contribution < 1.29 is 19.5 Å². The number of hydrogen-bond acceptors (Lipinski definition) is 7. The van der Waals surface area contributed by atoms with Crippen LogP contribution >= 0.6 is 8.45 Å². The largest absolute Gasteiger partial charge is 0.507 e. The van der Waals surface area contributed by atoms with Crippen molar-refractivity contribution >= 4 is 25.9 Å². The van der Waals surface area contributed by atoms with Gasteiger partial charge in [0.25, 0.3) is 0 Å². The first kappa shape index (κ1) is 34.7. The maximum absolute atomic E-state index is 13.2. The highest BCUT2D eigenvalue weighted by atomic mass is 31.2. The second-order valence-corrected chi connectivity index (χ2v) is 16.8. The molecular formula is C34H53N4O4P. The SMILES string of the molecule is CCC(=O)N(NP1NN=C(CCc2cc(C(C)(C)C)c(O)c(C(C)(C)C)c2)O1)c1cc(C(C)(C)C)c(O)c(C(C)(C)C)c1. The van der Waals surface area contributed by atoms with Crippen molar-refractivity contribution in [2.24, 2.45) is 5.10 Å². The molecule has 1 aliphatic rings. The van der Waals surface area contributed by atoms with Crippen molar-refractivity contribution in [2.45, 2.75) is 131 Å². The summed E-state index contributed by atoms with van der Waals surface area (Å²) in [6.07, 6.45) is 1.54. The highest BCUT2D eigenvalue weighted by molar-refractivity contribution is 7.49. The van der Waals surface area contributed by atoms with E-state index in [2.05, 4.69) is 69.2 Å². The molecule has 0 spiro atoms. The minimum absolute atomic E-state index is 0.125. The Morgan fingerprint density at radius 2 is 1.21 bits per heavy atom. The Morgan fingerprint density at radius 1 is 0.791 bits per heavy atom. The topological polar surface area (TPSA) is 106 Å². The van der Waals surface area contributed by atoms with Gasteiger partial charge in [-0.25, -0.2) is 10.2 Å². The van der Waals surface area contributed by atoms with Gasteiger partial charge in [-0.15, -0.1) is 5.10 Å². The van der Waals surface area contributed by atoms with Crippen LogP contribution in [0.15, 0.2) is 29.4 Å². The van der Waals surface area contributed by atoms with Gasteiger partial charge in [-0.05, 0) is 56.9 Å². The quantitative estimate of drug-likeness (QED) is 0.185. The molecule has 4 N–H and O–H groups in total. The number of rotatable bonds is 7. The number of aromatic hydroxyl groups is 2. The summed E-state index contributed by atoms with van der Waals surface area (Å²) >= 11 is 0. The zero-order valence-corrected chi connectivity index (χ0v) is 29.4. The van der Waals surface area contributed by atoms with Gasteiger partial charge in [-0.2, -0.15) is 5.20 Å². The molecule has 43 heavy (non-hydrogen) atoms. The fourth-order valence-corrected chi connectivity index (χ4v) is 6.10. The van der Waals surface area contributed by atoms with Crippen LogP contribution in [0.1, 0.15) is 131 Å². The lowest BCUT2D eigenvalue weighted by molar-refractivity contribution is -0.118. The van der Waals surface area contributed by atoms with Crippen LogP contribution in [0.3, 0.4) is 0 Å². The molecule has 2 aromatic carbocycles. The van der Waals surface area contributed by atoms with Gasteiger partial charge in [0.15, 0.2) is 0 Å². The summed E-state index contributed by atoms with van der Waals surface area (Å²) in [5.74, 6) is 1.06. The molecule has 9 heteroatoms. The Labute approximate surface area is 260 Å². The summed E-state index contributed by atoms with van der Waals surface area (Å²) in [5, 5.41) is 34.5. The number of carbonyl (C=O) groups excluding carboxylic acids is 1. The average Bonchev–Trinajstić information content (AvgIpc) is 3.31. The molecule has 1 atom stereocenters. The van der Waals surface area contributed by atoms with E-state index in [9.17, 15) is 15.0 Å². The average molecular weight is 613 g/mol. The summed E-state index contributed by atoms with van der Waals surface area (Å²) < 4.78 is 6.17. The molecule has 1 aliphatic heterocycles. The van der Waals surface area contributed by atoms with E-state index in [1.165, 1.54) is 5.01 Å². The third-order valence-corrected chi connectivity index (χ3v) is 8.64. The first-order valence-corrected chi connectivity index (χ1v) is 16.4. The number of phenolic OH excluding ortho intramolecular Hbond substituents is 2. The van der Waals surface area contributed by atoms with Crippen molar-refractivity contribution in [1.29, 1.82) is 0 Å². The summed E-state index contributed by atoms with van der Waals surface area (Å²) in [5.41, 5.74) is 4.08. The minimum Gasteiger partial charge on any atom is -0.507 e. The zero-order valence-electron chi connectivity index (χ0n) is 28.5. The number of amides is 1. The molecule has 2 aromatic rings. The van der Waals surface area contributed by atoms with Crippen LogP contribution in [0, 0.1) is 0 Å². The lowest BCUT2D eigenvalue weighted by atomic mass is 9.78. The summed E-state index contributed by atoms with van der Waals surface area (Å²) in [4.78, 5) is 13.2. The van der Waals surface area contributed by atoms with Gasteiger partial charge < -0.3 is 14.7 Å². The second kappa shape index (κ2) is 12.3. The number of nitrogens with zero attached hydrogens (tertiary/aromatic N) is 2. The number of hydrogen-bond donors (Lipinski definition) is 4. The number of hydrazine groups is 1. The van der Waals surface area contributed by atoms with Crippen LogP contribution in [0.2, 0.25) is 0 Å². The maximum atomic E-state index is 13.2. The standard InChI is InChI=1S/C34H53N4O4P/c1-14-28(39)38(22-19-25(33(8,9)10)30(41)26(20-22)34(11,12)13)37-43-36-35-27(42-43)16-15-21-17-23(31(2,3)4)29(40)24(18-21)32(5,6)7/h17-20,36-37,40-41H,14-16H2,1-13H3. The predicted octanol–water partition coefficient (Wildman–Crippen LogP) is 8.33. The minimum atomic E-state index is -1.50. The lowest BCUT2D eigenvalue weighted by Crippen LogP contribution is -2.41. The van der Waals surface area contributed by atoms with E-state index in [4.69, 9.17) is 4.52 Å². The molecule has 1 unspecified atom stereocenters. The van der Waals surface area contributed by atoms with Crippen LogP contribution in [0.25, 0.3) is 0 Å². The van der Waals surface area contributed by atoms with E-state index in [1.807, 2.05) is 60.6 Å². The fraction of sp³-hybridized carbons (Fsp3) is 0.588. The molecule has 0 aliphatic carbocycles. The normalized spacial score (nSPS) is 16.0. The number of phenols is 2. The molecule has 0 saturated heterocycles. The van der Waals surface area contributed by atoms with Gasteiger partial charge in [-0.1, -0.05) is 102 Å². The molecule has 238 valence electrons. The Balaban J connectivity index is 1.83.